The highest BCUT2D eigenvalue weighted by Crippen LogP contribution is 2.24. The number of aromatic nitrogens is 2. The molecule has 0 spiro atoms. The van der Waals surface area contributed by atoms with Crippen LogP contribution in [0.15, 0.2) is 47.1 Å². The minimum atomic E-state index is -0.0619. The van der Waals surface area contributed by atoms with Crippen LogP contribution in [0.4, 0.5) is 5.13 Å². The number of anilines is 1. The van der Waals surface area contributed by atoms with Crippen molar-refractivity contribution < 1.29 is 13.9 Å². The molecule has 0 saturated carbocycles. The van der Waals surface area contributed by atoms with Gasteiger partial charge in [-0.3, -0.25) is 4.79 Å². The molecule has 1 atom stereocenters. The van der Waals surface area contributed by atoms with Gasteiger partial charge in [-0.05, 0) is 36.8 Å². The predicted octanol–water partition coefficient (Wildman–Crippen LogP) is 3.08. The van der Waals surface area contributed by atoms with Crippen LogP contribution >= 0.6 is 11.5 Å². The summed E-state index contributed by atoms with van der Waals surface area (Å²) in [6.45, 7) is 4.13. The van der Waals surface area contributed by atoms with Gasteiger partial charge in [0.05, 0.1) is 13.4 Å². The zero-order chi connectivity index (χ0) is 19.5. The highest BCUT2D eigenvalue weighted by atomic mass is 32.1. The van der Waals surface area contributed by atoms with Gasteiger partial charge in [0.1, 0.15) is 11.6 Å². The molecule has 28 heavy (non-hydrogen) atoms. The molecule has 0 bridgehead atoms. The number of rotatable bonds is 5. The second kappa shape index (κ2) is 8.02. The van der Waals surface area contributed by atoms with Gasteiger partial charge in [-0.15, -0.1) is 0 Å². The number of hydrogen-bond acceptors (Lipinski definition) is 7. The maximum Gasteiger partial charge on any atom is 0.289 e. The third-order valence-electron chi connectivity index (χ3n) is 4.84. The Morgan fingerprint density at radius 2 is 2.21 bits per heavy atom. The molecular weight excluding hydrogens is 376 g/mol. The number of piperazine rings is 1. The van der Waals surface area contributed by atoms with Gasteiger partial charge in [0.2, 0.25) is 5.13 Å². The van der Waals surface area contributed by atoms with Gasteiger partial charge in [0.25, 0.3) is 5.91 Å². The predicted molar refractivity (Wildman–Crippen MR) is 107 cm³/mol. The molecule has 2 aromatic heterocycles. The number of methoxy groups -OCH3 is 1. The van der Waals surface area contributed by atoms with E-state index in [0.717, 1.165) is 35.4 Å². The quantitative estimate of drug-likeness (QED) is 0.658. The maximum absolute atomic E-state index is 12.6. The Morgan fingerprint density at radius 3 is 2.96 bits per heavy atom. The molecule has 7 nitrogen and oxygen atoms in total. The summed E-state index contributed by atoms with van der Waals surface area (Å²) in [5.41, 5.74) is 1.12. The number of furan rings is 1. The third-order valence-corrected chi connectivity index (χ3v) is 5.66. The number of carbonyl (C=O) groups excluding carboxylic acids is 1. The van der Waals surface area contributed by atoms with Crippen molar-refractivity contribution in [1.82, 2.24) is 14.3 Å². The van der Waals surface area contributed by atoms with Crippen molar-refractivity contribution in [3.05, 3.63) is 59.8 Å². The van der Waals surface area contributed by atoms with Crippen LogP contribution in [-0.4, -0.2) is 53.0 Å². The van der Waals surface area contributed by atoms with Crippen LogP contribution in [0.25, 0.3) is 0 Å². The van der Waals surface area contributed by atoms with E-state index in [1.54, 1.807) is 19.2 Å². The lowest BCUT2D eigenvalue weighted by Crippen LogP contribution is -2.54. The minimum Gasteiger partial charge on any atom is -0.497 e. The van der Waals surface area contributed by atoms with Crippen molar-refractivity contribution in [2.24, 2.45) is 0 Å². The maximum atomic E-state index is 12.6. The van der Waals surface area contributed by atoms with Crippen LogP contribution in [0.1, 0.15) is 28.9 Å². The molecule has 1 unspecified atom stereocenters. The largest absolute Gasteiger partial charge is 0.497 e. The Balaban J connectivity index is 1.40. The van der Waals surface area contributed by atoms with E-state index in [2.05, 4.69) is 9.27 Å². The van der Waals surface area contributed by atoms with E-state index in [1.807, 2.05) is 36.1 Å². The van der Waals surface area contributed by atoms with E-state index in [0.29, 0.717) is 18.7 Å². The Labute approximate surface area is 167 Å². The standard InChI is InChI=1S/C20H22N4O3S/c1-14-13-23(8-9-24(14)19(25)17-7-4-10-27-17)20-21-18(22-28-20)12-15-5-3-6-16(11-15)26-2/h3-7,10-11,14H,8-9,12-13H2,1-2H3. The number of hydrogen-bond donors (Lipinski definition) is 0. The normalized spacial score (nSPS) is 17.0. The topological polar surface area (TPSA) is 71.7 Å². The summed E-state index contributed by atoms with van der Waals surface area (Å²) in [4.78, 5) is 21.3. The van der Waals surface area contributed by atoms with E-state index in [9.17, 15) is 4.79 Å². The molecule has 146 valence electrons. The molecule has 3 aromatic rings. The van der Waals surface area contributed by atoms with Crippen molar-refractivity contribution in [3.8, 4) is 5.75 Å². The fourth-order valence-corrected chi connectivity index (χ4v) is 4.10. The number of nitrogens with zero attached hydrogens (tertiary/aromatic N) is 4. The SMILES string of the molecule is COc1cccc(Cc2nsc(N3CCN(C(=O)c4ccco4)C(C)C3)n2)c1. The zero-order valence-electron chi connectivity index (χ0n) is 15.9. The monoisotopic (exact) mass is 398 g/mol. The Kier molecular flexibility index (Phi) is 5.29. The van der Waals surface area contributed by atoms with Crippen molar-refractivity contribution >= 4 is 22.6 Å². The van der Waals surface area contributed by atoms with Crippen LogP contribution in [0.2, 0.25) is 0 Å². The van der Waals surface area contributed by atoms with Gasteiger partial charge in [0, 0.05) is 43.6 Å². The first kappa shape index (κ1) is 18.5. The molecule has 1 aliphatic rings. The molecule has 8 heteroatoms. The van der Waals surface area contributed by atoms with Crippen molar-refractivity contribution in [1.29, 1.82) is 0 Å². The van der Waals surface area contributed by atoms with E-state index in [4.69, 9.17) is 14.1 Å². The first-order chi connectivity index (χ1) is 13.6. The second-order valence-electron chi connectivity index (χ2n) is 6.79. The van der Waals surface area contributed by atoms with Gasteiger partial charge in [0.15, 0.2) is 5.76 Å². The molecule has 0 aliphatic carbocycles. The molecule has 0 N–H and O–H groups in total. The van der Waals surface area contributed by atoms with Gasteiger partial charge >= 0.3 is 0 Å². The number of carbonyl (C=O) groups is 1. The van der Waals surface area contributed by atoms with Crippen LogP contribution < -0.4 is 9.64 Å². The lowest BCUT2D eigenvalue weighted by atomic mass is 10.1. The highest BCUT2D eigenvalue weighted by Gasteiger charge is 2.30. The number of amides is 1. The molecule has 1 saturated heterocycles. The smallest absolute Gasteiger partial charge is 0.289 e. The molecule has 1 amide bonds. The first-order valence-electron chi connectivity index (χ1n) is 9.19. The molecule has 3 heterocycles. The summed E-state index contributed by atoms with van der Waals surface area (Å²) in [6, 6.07) is 11.5. The highest BCUT2D eigenvalue weighted by molar-refractivity contribution is 7.09. The number of benzene rings is 1. The van der Waals surface area contributed by atoms with Gasteiger partial charge < -0.3 is 19.0 Å². The summed E-state index contributed by atoms with van der Waals surface area (Å²) < 4.78 is 15.0. The summed E-state index contributed by atoms with van der Waals surface area (Å²) in [5.74, 6) is 1.96. The zero-order valence-corrected chi connectivity index (χ0v) is 16.7. The van der Waals surface area contributed by atoms with Gasteiger partial charge in [-0.2, -0.15) is 4.37 Å². The second-order valence-corrected chi connectivity index (χ2v) is 7.52. The summed E-state index contributed by atoms with van der Waals surface area (Å²) >= 11 is 1.41. The average molecular weight is 398 g/mol. The molecule has 4 rings (SSSR count). The summed E-state index contributed by atoms with van der Waals surface area (Å²) in [6.07, 6.45) is 2.19. The van der Waals surface area contributed by atoms with Crippen molar-refractivity contribution in [3.63, 3.8) is 0 Å². The van der Waals surface area contributed by atoms with Gasteiger partial charge in [-0.1, -0.05) is 12.1 Å². The lowest BCUT2D eigenvalue weighted by molar-refractivity contribution is 0.0641. The summed E-state index contributed by atoms with van der Waals surface area (Å²) in [7, 11) is 1.66. The molecular formula is C20H22N4O3S. The van der Waals surface area contributed by atoms with Gasteiger partial charge in [-0.25, -0.2) is 4.98 Å². The van der Waals surface area contributed by atoms with Crippen LogP contribution in [0, 0.1) is 0 Å². The van der Waals surface area contributed by atoms with E-state index < -0.39 is 0 Å². The summed E-state index contributed by atoms with van der Waals surface area (Å²) in [5, 5.41) is 0.898. The van der Waals surface area contributed by atoms with Crippen LogP contribution in [0.3, 0.4) is 0 Å². The van der Waals surface area contributed by atoms with Crippen molar-refractivity contribution in [2.45, 2.75) is 19.4 Å². The van der Waals surface area contributed by atoms with E-state index in [-0.39, 0.29) is 11.9 Å². The molecule has 1 aromatic carbocycles. The Morgan fingerprint density at radius 1 is 1.32 bits per heavy atom. The fraction of sp³-hybridized carbons (Fsp3) is 0.350. The van der Waals surface area contributed by atoms with E-state index in [1.165, 1.54) is 17.8 Å². The molecule has 1 aliphatic heterocycles. The Bertz CT molecular complexity index is 941. The third kappa shape index (κ3) is 3.87. The molecule has 1 fully saturated rings. The van der Waals surface area contributed by atoms with Crippen molar-refractivity contribution in [2.75, 3.05) is 31.6 Å². The number of ether oxygens (including phenoxy) is 1. The lowest BCUT2D eigenvalue weighted by Gasteiger charge is -2.39. The van der Waals surface area contributed by atoms with Crippen LogP contribution in [0.5, 0.6) is 5.75 Å². The minimum absolute atomic E-state index is 0.0619. The fourth-order valence-electron chi connectivity index (χ4n) is 3.38. The van der Waals surface area contributed by atoms with E-state index >= 15 is 0 Å². The van der Waals surface area contributed by atoms with Crippen LogP contribution in [-0.2, 0) is 6.42 Å². The first-order valence-corrected chi connectivity index (χ1v) is 9.96. The Hall–Kier alpha value is -2.87. The molecule has 0 radical (unpaired) electrons. The average Bonchev–Trinajstić information content (AvgIpc) is 3.40.